The number of benzene rings is 2. The number of Topliss-reactive ketones (excluding diaryl/α,β-unsaturated/α-hetero) is 1. The van der Waals surface area contributed by atoms with E-state index in [1.165, 1.54) is 0 Å². The molecule has 2 aromatic carbocycles. The summed E-state index contributed by atoms with van der Waals surface area (Å²) in [6.07, 6.45) is 0.120. The lowest BCUT2D eigenvalue weighted by molar-refractivity contribution is 0.0976. The Morgan fingerprint density at radius 2 is 2.04 bits per heavy atom. The van der Waals surface area contributed by atoms with Crippen LogP contribution in [0.2, 0.25) is 0 Å². The van der Waals surface area contributed by atoms with Gasteiger partial charge in [0.15, 0.2) is 5.78 Å². The van der Waals surface area contributed by atoms with Crippen molar-refractivity contribution >= 4 is 21.7 Å². The molecule has 1 heterocycles. The van der Waals surface area contributed by atoms with Crippen molar-refractivity contribution in [3.63, 3.8) is 0 Å². The SMILES string of the molecule is COc1ccc2c(c1)C(CC(=O)c1ccc(Br)cc1)C(C#N)=C(N)O2. The summed E-state index contributed by atoms with van der Waals surface area (Å²) in [5, 5.41) is 9.49. The molecule has 0 spiro atoms. The van der Waals surface area contributed by atoms with Gasteiger partial charge in [0.25, 0.3) is 0 Å². The molecule has 126 valence electrons. The molecule has 25 heavy (non-hydrogen) atoms. The monoisotopic (exact) mass is 398 g/mol. The predicted octanol–water partition coefficient (Wildman–Crippen LogP) is 3.90. The molecule has 1 aliphatic heterocycles. The maximum atomic E-state index is 12.7. The van der Waals surface area contributed by atoms with E-state index in [0.717, 1.165) is 10.0 Å². The van der Waals surface area contributed by atoms with E-state index >= 15 is 0 Å². The zero-order valence-corrected chi connectivity index (χ0v) is 15.0. The van der Waals surface area contributed by atoms with Crippen LogP contribution in [-0.4, -0.2) is 12.9 Å². The first-order valence-electron chi connectivity index (χ1n) is 7.57. The van der Waals surface area contributed by atoms with Gasteiger partial charge in [0.1, 0.15) is 17.6 Å². The number of nitrogens with zero attached hydrogens (tertiary/aromatic N) is 1. The van der Waals surface area contributed by atoms with Gasteiger partial charge in [-0.25, -0.2) is 0 Å². The Morgan fingerprint density at radius 3 is 2.68 bits per heavy atom. The van der Waals surface area contributed by atoms with Gasteiger partial charge in [-0.1, -0.05) is 28.1 Å². The fraction of sp³-hybridized carbons (Fsp3) is 0.158. The molecule has 1 aliphatic rings. The van der Waals surface area contributed by atoms with Crippen molar-refractivity contribution in [2.24, 2.45) is 5.73 Å². The summed E-state index contributed by atoms with van der Waals surface area (Å²) in [6.45, 7) is 0. The third-order valence-electron chi connectivity index (χ3n) is 4.10. The lowest BCUT2D eigenvalue weighted by atomic mass is 9.84. The second-order valence-electron chi connectivity index (χ2n) is 5.58. The maximum Gasteiger partial charge on any atom is 0.205 e. The molecule has 3 rings (SSSR count). The van der Waals surface area contributed by atoms with Gasteiger partial charge in [-0.3, -0.25) is 4.79 Å². The van der Waals surface area contributed by atoms with Crippen molar-refractivity contribution in [2.45, 2.75) is 12.3 Å². The van der Waals surface area contributed by atoms with E-state index in [1.807, 2.05) is 12.1 Å². The number of hydrogen-bond acceptors (Lipinski definition) is 5. The third kappa shape index (κ3) is 3.37. The Bertz CT molecular complexity index is 898. The van der Waals surface area contributed by atoms with Gasteiger partial charge in [0.2, 0.25) is 5.88 Å². The molecule has 0 saturated carbocycles. The van der Waals surface area contributed by atoms with Gasteiger partial charge in [0, 0.05) is 27.9 Å². The van der Waals surface area contributed by atoms with Crippen LogP contribution in [-0.2, 0) is 0 Å². The van der Waals surface area contributed by atoms with Crippen molar-refractivity contribution < 1.29 is 14.3 Å². The van der Waals surface area contributed by atoms with Gasteiger partial charge in [-0.05, 0) is 30.3 Å². The molecule has 0 amide bonds. The first kappa shape index (κ1) is 17.1. The number of nitriles is 1. The van der Waals surface area contributed by atoms with Crippen LogP contribution in [0, 0.1) is 11.3 Å². The lowest BCUT2D eigenvalue weighted by Crippen LogP contribution is -2.22. The van der Waals surface area contributed by atoms with Crippen LogP contribution in [0.15, 0.2) is 58.4 Å². The first-order chi connectivity index (χ1) is 12.0. The molecule has 6 heteroatoms. The predicted molar refractivity (Wildman–Crippen MR) is 96.3 cm³/mol. The summed E-state index contributed by atoms with van der Waals surface area (Å²) in [6, 6.07) is 14.4. The molecule has 0 aromatic heterocycles. The Balaban J connectivity index is 1.99. The van der Waals surface area contributed by atoms with Gasteiger partial charge in [-0.2, -0.15) is 5.26 Å². The largest absolute Gasteiger partial charge is 0.497 e. The molecule has 2 N–H and O–H groups in total. The van der Waals surface area contributed by atoms with Crippen LogP contribution in [0.4, 0.5) is 0 Å². The summed E-state index contributed by atoms with van der Waals surface area (Å²) >= 11 is 3.35. The summed E-state index contributed by atoms with van der Waals surface area (Å²) in [4.78, 5) is 12.7. The zero-order chi connectivity index (χ0) is 18.0. The van der Waals surface area contributed by atoms with Crippen LogP contribution in [0.25, 0.3) is 0 Å². The van der Waals surface area contributed by atoms with E-state index < -0.39 is 5.92 Å². The molecule has 0 bridgehead atoms. The van der Waals surface area contributed by atoms with Crippen LogP contribution >= 0.6 is 15.9 Å². The number of methoxy groups -OCH3 is 1. The van der Waals surface area contributed by atoms with E-state index in [4.69, 9.17) is 15.2 Å². The van der Waals surface area contributed by atoms with E-state index in [9.17, 15) is 10.1 Å². The number of halogens is 1. The number of carbonyl (C=O) groups excluding carboxylic acids is 1. The Hall–Kier alpha value is -2.78. The minimum atomic E-state index is -0.472. The number of rotatable bonds is 4. The van der Waals surface area contributed by atoms with Crippen molar-refractivity contribution in [2.75, 3.05) is 7.11 Å². The fourth-order valence-corrected chi connectivity index (χ4v) is 3.07. The van der Waals surface area contributed by atoms with E-state index in [1.54, 1.807) is 37.4 Å². The number of carbonyl (C=O) groups is 1. The molecule has 1 atom stereocenters. The molecular weight excluding hydrogens is 384 g/mol. The Kier molecular flexibility index (Phi) is 4.77. The average molecular weight is 399 g/mol. The normalized spacial score (nSPS) is 15.8. The van der Waals surface area contributed by atoms with Crippen molar-refractivity contribution in [3.8, 4) is 17.6 Å². The van der Waals surface area contributed by atoms with Crippen LogP contribution in [0.1, 0.15) is 28.3 Å². The van der Waals surface area contributed by atoms with Crippen molar-refractivity contribution in [1.82, 2.24) is 0 Å². The minimum Gasteiger partial charge on any atom is -0.497 e. The van der Waals surface area contributed by atoms with E-state index in [2.05, 4.69) is 22.0 Å². The van der Waals surface area contributed by atoms with Crippen LogP contribution in [0.5, 0.6) is 11.5 Å². The highest BCUT2D eigenvalue weighted by Gasteiger charge is 2.31. The number of ketones is 1. The molecule has 5 nitrogen and oxygen atoms in total. The molecule has 0 radical (unpaired) electrons. The van der Waals surface area contributed by atoms with Gasteiger partial charge >= 0.3 is 0 Å². The van der Waals surface area contributed by atoms with Gasteiger partial charge < -0.3 is 15.2 Å². The standard InChI is InChI=1S/C19H15BrN2O3/c1-24-13-6-7-18-15(8-13)14(16(10-21)19(22)25-18)9-17(23)11-2-4-12(20)5-3-11/h2-8,14H,9,22H2,1H3. The highest BCUT2D eigenvalue weighted by molar-refractivity contribution is 9.10. The van der Waals surface area contributed by atoms with Crippen molar-refractivity contribution in [3.05, 3.63) is 69.5 Å². The topological polar surface area (TPSA) is 85.3 Å². The summed E-state index contributed by atoms with van der Waals surface area (Å²) in [5.41, 5.74) is 7.44. The average Bonchev–Trinajstić information content (AvgIpc) is 2.62. The molecule has 1 unspecified atom stereocenters. The number of allylic oxidation sites excluding steroid dienone is 1. The maximum absolute atomic E-state index is 12.7. The lowest BCUT2D eigenvalue weighted by Gasteiger charge is -2.26. The molecule has 0 aliphatic carbocycles. The zero-order valence-electron chi connectivity index (χ0n) is 13.5. The number of nitrogens with two attached hydrogens (primary N) is 1. The first-order valence-corrected chi connectivity index (χ1v) is 8.37. The fourth-order valence-electron chi connectivity index (χ4n) is 2.80. The van der Waals surface area contributed by atoms with Crippen molar-refractivity contribution in [1.29, 1.82) is 5.26 Å². The van der Waals surface area contributed by atoms with E-state index in [-0.39, 0.29) is 23.7 Å². The number of fused-ring (bicyclic) bond motifs is 1. The molecular formula is C19H15BrN2O3. The summed E-state index contributed by atoms with van der Waals surface area (Å²) in [5.74, 6) is 0.648. The van der Waals surface area contributed by atoms with Crippen LogP contribution in [0.3, 0.4) is 0 Å². The molecule has 0 saturated heterocycles. The quantitative estimate of drug-likeness (QED) is 0.789. The Morgan fingerprint density at radius 1 is 1.32 bits per heavy atom. The number of hydrogen-bond donors (Lipinski definition) is 1. The highest BCUT2D eigenvalue weighted by atomic mass is 79.9. The Labute approximate surface area is 153 Å². The van der Waals surface area contributed by atoms with E-state index in [0.29, 0.717) is 17.1 Å². The smallest absolute Gasteiger partial charge is 0.205 e. The van der Waals surface area contributed by atoms with Gasteiger partial charge in [0.05, 0.1) is 12.7 Å². The number of ether oxygens (including phenoxy) is 2. The highest BCUT2D eigenvalue weighted by Crippen LogP contribution is 2.42. The second kappa shape index (κ2) is 6.99. The summed E-state index contributed by atoms with van der Waals surface area (Å²) in [7, 11) is 1.56. The van der Waals surface area contributed by atoms with Gasteiger partial charge in [-0.15, -0.1) is 0 Å². The van der Waals surface area contributed by atoms with Crippen LogP contribution < -0.4 is 15.2 Å². The second-order valence-corrected chi connectivity index (χ2v) is 6.50. The third-order valence-corrected chi connectivity index (χ3v) is 4.63. The molecule has 2 aromatic rings. The molecule has 0 fully saturated rings. The minimum absolute atomic E-state index is 0.0359. The summed E-state index contributed by atoms with van der Waals surface area (Å²) < 4.78 is 11.7.